The topological polar surface area (TPSA) is 26.3 Å². The SMILES string of the molecule is CCCCCCCCCCCCCCCCCC(=O)OCCCCCCCCCCCCCC.[NaH]. The fourth-order valence-corrected chi connectivity index (χ4v) is 4.84. The van der Waals surface area contributed by atoms with Crippen LogP contribution in [-0.2, 0) is 9.53 Å². The second-order valence-electron chi connectivity index (χ2n) is 10.8. The van der Waals surface area contributed by atoms with Crippen molar-refractivity contribution >= 4 is 35.5 Å². The van der Waals surface area contributed by atoms with Crippen molar-refractivity contribution in [1.29, 1.82) is 0 Å². The Morgan fingerprint density at radius 3 is 0.971 bits per heavy atom. The van der Waals surface area contributed by atoms with Crippen molar-refractivity contribution in [1.82, 2.24) is 0 Å². The Balaban J connectivity index is 0. The Morgan fingerprint density at radius 1 is 0.400 bits per heavy atom. The zero-order valence-electron chi connectivity index (χ0n) is 23.8. The van der Waals surface area contributed by atoms with Gasteiger partial charge in [0.1, 0.15) is 0 Å². The van der Waals surface area contributed by atoms with Gasteiger partial charge < -0.3 is 4.74 Å². The molecule has 0 fully saturated rings. The molecular formula is C32H65NaO2. The van der Waals surface area contributed by atoms with E-state index >= 15 is 0 Å². The summed E-state index contributed by atoms with van der Waals surface area (Å²) in [6, 6.07) is 0. The van der Waals surface area contributed by atoms with E-state index in [4.69, 9.17) is 4.74 Å². The van der Waals surface area contributed by atoms with Gasteiger partial charge in [0.15, 0.2) is 0 Å². The maximum atomic E-state index is 11.9. The van der Waals surface area contributed by atoms with E-state index in [1.54, 1.807) is 0 Å². The fourth-order valence-electron chi connectivity index (χ4n) is 4.84. The summed E-state index contributed by atoms with van der Waals surface area (Å²) in [6.07, 6.45) is 37.2. The molecule has 0 saturated heterocycles. The van der Waals surface area contributed by atoms with Crippen LogP contribution in [0.5, 0.6) is 0 Å². The Kier molecular flexibility index (Phi) is 37.1. The van der Waals surface area contributed by atoms with Crippen LogP contribution in [0.15, 0.2) is 0 Å². The average Bonchev–Trinajstić information content (AvgIpc) is 2.84. The zero-order chi connectivity index (χ0) is 24.8. The van der Waals surface area contributed by atoms with E-state index in [1.165, 1.54) is 161 Å². The quantitative estimate of drug-likeness (QED) is 0.0575. The minimum absolute atomic E-state index is 0. The van der Waals surface area contributed by atoms with Crippen molar-refractivity contribution in [2.75, 3.05) is 6.61 Å². The Hall–Kier alpha value is 0.470. The number of rotatable bonds is 29. The van der Waals surface area contributed by atoms with Crippen LogP contribution < -0.4 is 0 Å². The molecule has 0 rings (SSSR count). The van der Waals surface area contributed by atoms with Gasteiger partial charge in [-0.05, 0) is 12.8 Å². The molecule has 0 spiro atoms. The number of ether oxygens (including phenoxy) is 1. The predicted molar refractivity (Wildman–Crippen MR) is 159 cm³/mol. The van der Waals surface area contributed by atoms with E-state index in [1.807, 2.05) is 0 Å². The fraction of sp³-hybridized carbons (Fsp3) is 0.969. The van der Waals surface area contributed by atoms with Gasteiger partial charge in [-0.25, -0.2) is 0 Å². The Labute approximate surface area is 244 Å². The first-order valence-electron chi connectivity index (χ1n) is 16.0. The van der Waals surface area contributed by atoms with Crippen LogP contribution in [-0.4, -0.2) is 42.1 Å². The van der Waals surface area contributed by atoms with Crippen LogP contribution in [0.4, 0.5) is 0 Å². The summed E-state index contributed by atoms with van der Waals surface area (Å²) in [5, 5.41) is 0. The first-order valence-corrected chi connectivity index (χ1v) is 16.0. The van der Waals surface area contributed by atoms with Crippen LogP contribution in [0, 0.1) is 0 Å². The average molecular weight is 505 g/mol. The Morgan fingerprint density at radius 2 is 0.657 bits per heavy atom. The van der Waals surface area contributed by atoms with Gasteiger partial charge in [0.05, 0.1) is 6.61 Å². The van der Waals surface area contributed by atoms with Gasteiger partial charge in [0.25, 0.3) is 0 Å². The minimum atomic E-state index is 0. The molecule has 0 radical (unpaired) electrons. The van der Waals surface area contributed by atoms with Crippen molar-refractivity contribution in [3.8, 4) is 0 Å². The molecule has 0 aliphatic carbocycles. The summed E-state index contributed by atoms with van der Waals surface area (Å²) < 4.78 is 5.41. The van der Waals surface area contributed by atoms with Crippen LogP contribution in [0.1, 0.15) is 194 Å². The van der Waals surface area contributed by atoms with E-state index in [0.29, 0.717) is 13.0 Å². The van der Waals surface area contributed by atoms with Crippen molar-refractivity contribution in [3.63, 3.8) is 0 Å². The maximum absolute atomic E-state index is 11.9. The summed E-state index contributed by atoms with van der Waals surface area (Å²) in [5.74, 6) is 0.0257. The molecule has 2 nitrogen and oxygen atoms in total. The van der Waals surface area contributed by atoms with Gasteiger partial charge in [-0.1, -0.05) is 174 Å². The van der Waals surface area contributed by atoms with Crippen LogP contribution in [0.2, 0.25) is 0 Å². The number of carbonyl (C=O) groups is 1. The second kappa shape index (κ2) is 34.5. The molecule has 0 aromatic heterocycles. The molecular weight excluding hydrogens is 439 g/mol. The van der Waals surface area contributed by atoms with Crippen molar-refractivity contribution in [2.45, 2.75) is 194 Å². The van der Waals surface area contributed by atoms with Crippen molar-refractivity contribution in [2.24, 2.45) is 0 Å². The molecule has 0 aliphatic rings. The zero-order valence-corrected chi connectivity index (χ0v) is 23.8. The first kappa shape index (κ1) is 37.6. The normalized spacial score (nSPS) is 10.9. The summed E-state index contributed by atoms with van der Waals surface area (Å²) in [7, 11) is 0. The third kappa shape index (κ3) is 34.5. The van der Waals surface area contributed by atoms with E-state index in [9.17, 15) is 4.79 Å². The monoisotopic (exact) mass is 504 g/mol. The van der Waals surface area contributed by atoms with Crippen LogP contribution >= 0.6 is 0 Å². The summed E-state index contributed by atoms with van der Waals surface area (Å²) in [4.78, 5) is 11.9. The molecule has 0 amide bonds. The van der Waals surface area contributed by atoms with Gasteiger partial charge in [-0.15, -0.1) is 0 Å². The third-order valence-electron chi connectivity index (χ3n) is 7.25. The number of hydrogen-bond donors (Lipinski definition) is 0. The molecule has 206 valence electrons. The molecule has 0 heterocycles. The van der Waals surface area contributed by atoms with Crippen LogP contribution in [0.25, 0.3) is 0 Å². The molecule has 3 heteroatoms. The molecule has 0 saturated carbocycles. The third-order valence-corrected chi connectivity index (χ3v) is 7.25. The molecule has 0 N–H and O–H groups in total. The summed E-state index contributed by atoms with van der Waals surface area (Å²) in [5.41, 5.74) is 0. The summed E-state index contributed by atoms with van der Waals surface area (Å²) >= 11 is 0. The Bertz CT molecular complexity index is 386. The molecule has 0 aromatic carbocycles. The second-order valence-corrected chi connectivity index (χ2v) is 10.8. The van der Waals surface area contributed by atoms with E-state index < -0.39 is 0 Å². The predicted octanol–water partition coefficient (Wildman–Crippen LogP) is 10.8. The molecule has 0 aromatic rings. The number of unbranched alkanes of at least 4 members (excludes halogenated alkanes) is 25. The number of hydrogen-bond acceptors (Lipinski definition) is 2. The molecule has 0 aliphatic heterocycles. The van der Waals surface area contributed by atoms with Gasteiger partial charge >= 0.3 is 35.5 Å². The summed E-state index contributed by atoms with van der Waals surface area (Å²) in [6.45, 7) is 5.20. The van der Waals surface area contributed by atoms with Crippen molar-refractivity contribution in [3.05, 3.63) is 0 Å². The van der Waals surface area contributed by atoms with Gasteiger partial charge in [-0.3, -0.25) is 4.79 Å². The van der Waals surface area contributed by atoms with E-state index in [-0.39, 0.29) is 35.5 Å². The van der Waals surface area contributed by atoms with E-state index in [0.717, 1.165) is 12.8 Å². The van der Waals surface area contributed by atoms with Gasteiger partial charge in [0.2, 0.25) is 0 Å². The van der Waals surface area contributed by atoms with Crippen molar-refractivity contribution < 1.29 is 9.53 Å². The van der Waals surface area contributed by atoms with Gasteiger partial charge in [0, 0.05) is 6.42 Å². The van der Waals surface area contributed by atoms with E-state index in [2.05, 4.69) is 13.8 Å². The molecule has 0 unspecified atom stereocenters. The standard InChI is InChI=1S/C32H64O2.Na.H/c1-3-5-7-9-11-13-15-17-18-19-20-22-24-26-28-30-32(33)34-31-29-27-25-23-21-16-14-12-10-8-6-4-2;;/h3-31H2,1-2H3;;. The number of carbonyl (C=O) groups excluding carboxylic acids is 1. The molecule has 0 atom stereocenters. The number of esters is 1. The van der Waals surface area contributed by atoms with Gasteiger partial charge in [-0.2, -0.15) is 0 Å². The van der Waals surface area contributed by atoms with Crippen LogP contribution in [0.3, 0.4) is 0 Å². The molecule has 35 heavy (non-hydrogen) atoms. The molecule has 0 bridgehead atoms. The first-order chi connectivity index (χ1) is 16.8.